The highest BCUT2D eigenvalue weighted by molar-refractivity contribution is 9.10. The molecule has 1 saturated heterocycles. The molecule has 4 N–H and O–H groups in total. The van der Waals surface area contributed by atoms with Crippen molar-refractivity contribution in [2.24, 2.45) is 17.1 Å². The van der Waals surface area contributed by atoms with Crippen LogP contribution in [0.2, 0.25) is 0 Å². The van der Waals surface area contributed by atoms with Gasteiger partial charge in [-0.25, -0.2) is 0 Å². The minimum absolute atomic E-state index is 0.00870. The van der Waals surface area contributed by atoms with Crippen molar-refractivity contribution in [3.8, 4) is 0 Å². The molecule has 186 valence electrons. The minimum Gasteiger partial charge on any atom is -0.353 e. The number of rotatable bonds is 9. The molecule has 1 unspecified atom stereocenters. The van der Waals surface area contributed by atoms with E-state index in [0.29, 0.717) is 38.5 Å². The predicted molar refractivity (Wildman–Crippen MR) is 139 cm³/mol. The number of aromatic nitrogens is 1. The molecule has 2 amide bonds. The van der Waals surface area contributed by atoms with Crippen LogP contribution in [0.25, 0.3) is 10.9 Å². The van der Waals surface area contributed by atoms with Gasteiger partial charge in [0.2, 0.25) is 11.8 Å². The van der Waals surface area contributed by atoms with Crippen LogP contribution in [0, 0.1) is 11.3 Å². The summed E-state index contributed by atoms with van der Waals surface area (Å²) in [6.07, 6.45) is 5.95. The van der Waals surface area contributed by atoms with Gasteiger partial charge in [-0.3, -0.25) is 9.59 Å². The Kier molecular flexibility index (Phi) is 7.69. The van der Waals surface area contributed by atoms with E-state index in [-0.39, 0.29) is 29.3 Å². The Labute approximate surface area is 210 Å². The lowest BCUT2D eigenvalue weighted by atomic mass is 9.85. The van der Waals surface area contributed by atoms with Gasteiger partial charge in [0.1, 0.15) is 6.04 Å². The van der Waals surface area contributed by atoms with Gasteiger partial charge < -0.3 is 25.8 Å². The average molecular weight is 533 g/mol. The zero-order chi connectivity index (χ0) is 24.5. The number of benzene rings is 1. The number of fused-ring (bicyclic) bond motifs is 1. The van der Waals surface area contributed by atoms with Crippen LogP contribution in [-0.4, -0.2) is 59.0 Å². The standard InChI is InChI=1S/C26H38BrN5O2/c1-26(2,3)23(30-16-20(28)17-9-10-17)25(34)32-13-5-8-22(32)24(33)29-12-15-31-14-11-18-19(27)6-4-7-21(18)31/h4,6-7,11,14,17,20,22-23,30H,5,8-10,12-13,15-16,28H2,1-3H3,(H,29,33)/t20?,22-,23+/m0/s1. The maximum atomic E-state index is 13.6. The molecule has 0 radical (unpaired) electrons. The third-order valence-electron chi connectivity index (χ3n) is 7.15. The number of carbonyl (C=O) groups excluding carboxylic acids is 2. The Morgan fingerprint density at radius 2 is 1.97 bits per heavy atom. The van der Waals surface area contributed by atoms with Crippen molar-refractivity contribution >= 4 is 38.6 Å². The zero-order valence-corrected chi connectivity index (χ0v) is 22.1. The molecule has 3 atom stereocenters. The van der Waals surface area contributed by atoms with Gasteiger partial charge in [-0.2, -0.15) is 0 Å². The maximum absolute atomic E-state index is 13.6. The summed E-state index contributed by atoms with van der Waals surface area (Å²) >= 11 is 3.59. The van der Waals surface area contributed by atoms with Gasteiger partial charge in [-0.05, 0) is 55.2 Å². The van der Waals surface area contributed by atoms with Gasteiger partial charge >= 0.3 is 0 Å². The Morgan fingerprint density at radius 3 is 2.68 bits per heavy atom. The highest BCUT2D eigenvalue weighted by Gasteiger charge is 2.41. The lowest BCUT2D eigenvalue weighted by Gasteiger charge is -2.36. The monoisotopic (exact) mass is 531 g/mol. The number of hydrogen-bond donors (Lipinski definition) is 3. The van der Waals surface area contributed by atoms with Crippen LogP contribution in [0.3, 0.4) is 0 Å². The molecule has 0 spiro atoms. The molecule has 4 rings (SSSR count). The average Bonchev–Trinajstić information content (AvgIpc) is 3.36. The van der Waals surface area contributed by atoms with Crippen molar-refractivity contribution < 1.29 is 9.59 Å². The highest BCUT2D eigenvalue weighted by atomic mass is 79.9. The summed E-state index contributed by atoms with van der Waals surface area (Å²) in [5.74, 6) is 0.521. The van der Waals surface area contributed by atoms with Gasteiger partial charge in [-0.15, -0.1) is 0 Å². The summed E-state index contributed by atoms with van der Waals surface area (Å²) in [5.41, 5.74) is 7.14. The van der Waals surface area contributed by atoms with Gasteiger partial charge in [0.15, 0.2) is 0 Å². The first-order valence-corrected chi connectivity index (χ1v) is 13.3. The lowest BCUT2D eigenvalue weighted by Crippen LogP contribution is -2.58. The molecule has 1 aromatic carbocycles. The Hall–Kier alpha value is -1.90. The number of nitrogens with zero attached hydrogens (tertiary/aromatic N) is 2. The number of carbonyl (C=O) groups is 2. The van der Waals surface area contributed by atoms with E-state index < -0.39 is 6.04 Å². The predicted octanol–water partition coefficient (Wildman–Crippen LogP) is 3.25. The fourth-order valence-electron chi connectivity index (χ4n) is 4.98. The fraction of sp³-hybridized carbons (Fsp3) is 0.615. The van der Waals surface area contributed by atoms with Gasteiger partial charge in [-0.1, -0.05) is 42.8 Å². The summed E-state index contributed by atoms with van der Waals surface area (Å²) in [7, 11) is 0. The van der Waals surface area contributed by atoms with E-state index in [0.717, 1.165) is 21.8 Å². The SMILES string of the molecule is CC(C)(C)[C@H](NCC(N)C1CC1)C(=O)N1CCC[C@H]1C(=O)NCCn1ccc2c(Br)cccc21. The first-order valence-electron chi connectivity index (χ1n) is 12.5. The van der Waals surface area contributed by atoms with Crippen LogP contribution in [0.4, 0.5) is 0 Å². The molecule has 7 nitrogen and oxygen atoms in total. The van der Waals surface area contributed by atoms with Crippen LogP contribution in [0.15, 0.2) is 34.9 Å². The summed E-state index contributed by atoms with van der Waals surface area (Å²) in [6.45, 7) is 8.64. The summed E-state index contributed by atoms with van der Waals surface area (Å²) < 4.78 is 3.20. The van der Waals surface area contributed by atoms with Crippen LogP contribution in [-0.2, 0) is 16.1 Å². The van der Waals surface area contributed by atoms with E-state index in [2.05, 4.69) is 64.0 Å². The number of nitrogens with two attached hydrogens (primary N) is 1. The van der Waals surface area contributed by atoms with E-state index in [4.69, 9.17) is 5.73 Å². The first-order chi connectivity index (χ1) is 16.2. The third kappa shape index (κ3) is 5.66. The highest BCUT2D eigenvalue weighted by Crippen LogP contribution is 2.32. The van der Waals surface area contributed by atoms with Crippen molar-refractivity contribution in [1.82, 2.24) is 20.1 Å². The molecule has 1 aromatic heterocycles. The van der Waals surface area contributed by atoms with E-state index >= 15 is 0 Å². The van der Waals surface area contributed by atoms with Crippen LogP contribution < -0.4 is 16.4 Å². The molecule has 0 bridgehead atoms. The molecule has 1 aliphatic heterocycles. The lowest BCUT2D eigenvalue weighted by molar-refractivity contribution is -0.142. The third-order valence-corrected chi connectivity index (χ3v) is 7.84. The van der Waals surface area contributed by atoms with Crippen LogP contribution in [0.1, 0.15) is 46.5 Å². The fourth-order valence-corrected chi connectivity index (χ4v) is 5.46. The molecule has 1 saturated carbocycles. The summed E-state index contributed by atoms with van der Waals surface area (Å²) in [6, 6.07) is 7.50. The largest absolute Gasteiger partial charge is 0.353 e. The van der Waals surface area contributed by atoms with Crippen molar-refractivity contribution in [1.29, 1.82) is 0 Å². The number of halogens is 1. The second-order valence-corrected chi connectivity index (χ2v) is 11.7. The van der Waals surface area contributed by atoms with E-state index in [1.54, 1.807) is 4.90 Å². The van der Waals surface area contributed by atoms with Gasteiger partial charge in [0.05, 0.1) is 6.04 Å². The Morgan fingerprint density at radius 1 is 1.21 bits per heavy atom. The number of amides is 2. The van der Waals surface area contributed by atoms with Crippen molar-refractivity contribution in [3.63, 3.8) is 0 Å². The summed E-state index contributed by atoms with van der Waals surface area (Å²) in [5, 5.41) is 7.67. The molecular weight excluding hydrogens is 494 g/mol. The molecule has 2 fully saturated rings. The second kappa shape index (κ2) is 10.4. The molecule has 2 aromatic rings. The summed E-state index contributed by atoms with van der Waals surface area (Å²) in [4.78, 5) is 28.4. The number of likely N-dealkylation sites (tertiary alicyclic amines) is 1. The second-order valence-electron chi connectivity index (χ2n) is 10.9. The molecular formula is C26H38BrN5O2. The van der Waals surface area contributed by atoms with E-state index in [9.17, 15) is 9.59 Å². The smallest absolute Gasteiger partial charge is 0.242 e. The Bertz CT molecular complexity index is 1030. The molecule has 8 heteroatoms. The van der Waals surface area contributed by atoms with Gasteiger partial charge in [0.25, 0.3) is 0 Å². The van der Waals surface area contributed by atoms with Crippen LogP contribution in [0.5, 0.6) is 0 Å². The first kappa shape index (κ1) is 25.2. The molecule has 34 heavy (non-hydrogen) atoms. The van der Waals surface area contributed by atoms with Gasteiger partial charge in [0, 0.05) is 53.8 Å². The molecule has 2 aliphatic rings. The Balaban J connectivity index is 1.35. The number of nitrogens with one attached hydrogen (secondary N) is 2. The number of hydrogen-bond acceptors (Lipinski definition) is 4. The quantitative estimate of drug-likeness (QED) is 0.463. The van der Waals surface area contributed by atoms with Crippen LogP contribution >= 0.6 is 15.9 Å². The maximum Gasteiger partial charge on any atom is 0.242 e. The molecule has 2 heterocycles. The minimum atomic E-state index is -0.410. The van der Waals surface area contributed by atoms with Crippen molar-refractivity contribution in [2.75, 3.05) is 19.6 Å². The molecule has 1 aliphatic carbocycles. The van der Waals surface area contributed by atoms with E-state index in [1.807, 2.05) is 18.3 Å². The topological polar surface area (TPSA) is 92.4 Å². The normalized spacial score (nSPS) is 20.5. The van der Waals surface area contributed by atoms with Crippen molar-refractivity contribution in [2.45, 2.75) is 71.1 Å². The van der Waals surface area contributed by atoms with Crippen molar-refractivity contribution in [3.05, 3.63) is 34.9 Å². The zero-order valence-electron chi connectivity index (χ0n) is 20.5. The van der Waals surface area contributed by atoms with E-state index in [1.165, 1.54) is 12.8 Å².